The van der Waals surface area contributed by atoms with Crippen molar-refractivity contribution in [1.29, 1.82) is 0 Å². The molecule has 0 saturated heterocycles. The number of amides is 1. The molecule has 2 rings (SSSR count). The molecule has 0 aromatic carbocycles. The SMILES string of the molecule is CCCCCCCCCCCCCCCCCCOCn1c(=S)n(COCCOC(C)=O)c2nc(NC(C)=O)[nH]c(=O)c21. The van der Waals surface area contributed by atoms with Crippen molar-refractivity contribution in [1.82, 2.24) is 19.1 Å². The molecule has 12 heteroatoms. The van der Waals surface area contributed by atoms with E-state index in [1.54, 1.807) is 9.13 Å². The number of esters is 1. The first-order valence-corrected chi connectivity index (χ1v) is 16.6. The van der Waals surface area contributed by atoms with Gasteiger partial charge >= 0.3 is 5.97 Å². The summed E-state index contributed by atoms with van der Waals surface area (Å²) in [5.41, 5.74) is 0.0372. The van der Waals surface area contributed by atoms with Crippen molar-refractivity contribution < 1.29 is 23.8 Å². The van der Waals surface area contributed by atoms with E-state index in [1.807, 2.05) is 0 Å². The third kappa shape index (κ3) is 14.6. The van der Waals surface area contributed by atoms with Crippen molar-refractivity contribution in [3.8, 4) is 0 Å². The number of nitrogens with zero attached hydrogens (tertiary/aromatic N) is 3. The fraction of sp³-hybridized carbons (Fsp3) is 0.774. The van der Waals surface area contributed by atoms with Crippen LogP contribution in [0.2, 0.25) is 0 Å². The molecule has 0 aliphatic heterocycles. The molecule has 2 heterocycles. The Balaban J connectivity index is 1.72. The number of H-pyrrole nitrogens is 1. The van der Waals surface area contributed by atoms with Crippen LogP contribution in [0.3, 0.4) is 0 Å². The Morgan fingerprint density at radius 3 is 1.81 bits per heavy atom. The molecule has 0 aliphatic carbocycles. The fourth-order valence-electron chi connectivity index (χ4n) is 4.99. The largest absolute Gasteiger partial charge is 0.463 e. The molecule has 0 saturated carbocycles. The first kappa shape index (κ1) is 36.6. The minimum Gasteiger partial charge on any atom is -0.463 e. The van der Waals surface area contributed by atoms with Gasteiger partial charge in [-0.1, -0.05) is 103 Å². The van der Waals surface area contributed by atoms with Gasteiger partial charge in [0, 0.05) is 20.5 Å². The molecule has 0 aliphatic rings. The number of fused-ring (bicyclic) bond motifs is 1. The second kappa shape index (κ2) is 22.0. The molecular weight excluding hydrogens is 570 g/mol. The van der Waals surface area contributed by atoms with Crippen LogP contribution in [-0.4, -0.2) is 50.8 Å². The molecule has 43 heavy (non-hydrogen) atoms. The Kier molecular flexibility index (Phi) is 18.7. The van der Waals surface area contributed by atoms with E-state index in [1.165, 1.54) is 104 Å². The summed E-state index contributed by atoms with van der Waals surface area (Å²) in [6.07, 6.45) is 20.9. The Morgan fingerprint density at radius 2 is 1.28 bits per heavy atom. The topological polar surface area (TPSA) is 129 Å². The van der Waals surface area contributed by atoms with Gasteiger partial charge in [0.05, 0.1) is 6.61 Å². The van der Waals surface area contributed by atoms with E-state index >= 15 is 0 Å². The van der Waals surface area contributed by atoms with Crippen LogP contribution >= 0.6 is 12.2 Å². The summed E-state index contributed by atoms with van der Waals surface area (Å²) in [5.74, 6) is -0.752. The second-order valence-corrected chi connectivity index (χ2v) is 11.5. The molecule has 0 bridgehead atoms. The van der Waals surface area contributed by atoms with E-state index in [4.69, 9.17) is 26.4 Å². The number of ether oxygens (including phenoxy) is 3. The number of aromatic nitrogens is 4. The highest BCUT2D eigenvalue weighted by molar-refractivity contribution is 7.71. The van der Waals surface area contributed by atoms with Crippen LogP contribution in [0.4, 0.5) is 5.95 Å². The number of unbranched alkanes of at least 4 members (excludes halogenated alkanes) is 15. The molecule has 0 unspecified atom stereocenters. The van der Waals surface area contributed by atoms with Gasteiger partial charge in [0.25, 0.3) is 5.56 Å². The normalized spacial score (nSPS) is 11.3. The van der Waals surface area contributed by atoms with E-state index in [0.717, 1.165) is 12.8 Å². The second-order valence-electron chi connectivity index (χ2n) is 11.1. The summed E-state index contributed by atoms with van der Waals surface area (Å²) in [5, 5.41) is 2.50. The van der Waals surface area contributed by atoms with Crippen LogP contribution in [0.1, 0.15) is 124 Å². The lowest BCUT2D eigenvalue weighted by atomic mass is 10.0. The van der Waals surface area contributed by atoms with Gasteiger partial charge in [-0.25, -0.2) is 0 Å². The number of hydrogen-bond donors (Lipinski definition) is 2. The zero-order chi connectivity index (χ0) is 31.3. The highest BCUT2D eigenvalue weighted by atomic mass is 32.1. The average Bonchev–Trinajstić information content (AvgIpc) is 3.22. The third-order valence-corrected chi connectivity index (χ3v) is 7.72. The molecular formula is C31H53N5O6S. The summed E-state index contributed by atoms with van der Waals surface area (Å²) in [6, 6.07) is 0. The molecule has 1 amide bonds. The predicted octanol–water partition coefficient (Wildman–Crippen LogP) is 6.99. The van der Waals surface area contributed by atoms with Gasteiger partial charge in [-0.2, -0.15) is 4.98 Å². The van der Waals surface area contributed by atoms with Gasteiger partial charge in [-0.3, -0.25) is 33.8 Å². The molecule has 0 spiro atoms. The van der Waals surface area contributed by atoms with E-state index in [0.29, 0.717) is 11.4 Å². The predicted molar refractivity (Wildman–Crippen MR) is 172 cm³/mol. The number of anilines is 1. The highest BCUT2D eigenvalue weighted by Crippen LogP contribution is 2.16. The number of carbonyl (C=O) groups excluding carboxylic acids is 2. The van der Waals surface area contributed by atoms with Crippen LogP contribution in [0.5, 0.6) is 0 Å². The molecule has 244 valence electrons. The summed E-state index contributed by atoms with van der Waals surface area (Å²) in [6.45, 7) is 5.79. The van der Waals surface area contributed by atoms with E-state index in [-0.39, 0.29) is 49.7 Å². The van der Waals surface area contributed by atoms with Crippen LogP contribution in [0, 0.1) is 4.77 Å². The minimum absolute atomic E-state index is 0.0138. The minimum atomic E-state index is -0.454. The van der Waals surface area contributed by atoms with Crippen molar-refractivity contribution in [2.45, 2.75) is 137 Å². The van der Waals surface area contributed by atoms with Crippen molar-refractivity contribution in [3.05, 3.63) is 15.1 Å². The number of rotatable bonds is 25. The van der Waals surface area contributed by atoms with Crippen LogP contribution in [0.15, 0.2) is 4.79 Å². The van der Waals surface area contributed by atoms with Gasteiger partial charge in [0.15, 0.2) is 15.9 Å². The van der Waals surface area contributed by atoms with Crippen molar-refractivity contribution in [2.75, 3.05) is 25.1 Å². The van der Waals surface area contributed by atoms with Crippen LogP contribution in [-0.2, 0) is 37.3 Å². The average molecular weight is 624 g/mol. The Morgan fingerprint density at radius 1 is 0.767 bits per heavy atom. The maximum absolute atomic E-state index is 12.9. The van der Waals surface area contributed by atoms with Crippen molar-refractivity contribution in [3.63, 3.8) is 0 Å². The van der Waals surface area contributed by atoms with E-state index in [2.05, 4.69) is 22.2 Å². The van der Waals surface area contributed by atoms with Gasteiger partial charge in [0.2, 0.25) is 11.9 Å². The smallest absolute Gasteiger partial charge is 0.302 e. The van der Waals surface area contributed by atoms with E-state index < -0.39 is 11.5 Å². The fourth-order valence-corrected chi connectivity index (χ4v) is 5.27. The summed E-state index contributed by atoms with van der Waals surface area (Å²) in [4.78, 5) is 42.4. The zero-order valence-corrected chi connectivity index (χ0v) is 27.4. The van der Waals surface area contributed by atoms with Crippen LogP contribution in [0.25, 0.3) is 11.2 Å². The number of nitrogens with one attached hydrogen (secondary N) is 2. The molecule has 11 nitrogen and oxygen atoms in total. The van der Waals surface area contributed by atoms with Crippen LogP contribution < -0.4 is 10.9 Å². The number of hydrogen-bond acceptors (Lipinski definition) is 8. The lowest BCUT2D eigenvalue weighted by Crippen LogP contribution is -2.18. The molecule has 2 aromatic heterocycles. The van der Waals surface area contributed by atoms with Gasteiger partial charge in [0.1, 0.15) is 20.1 Å². The monoisotopic (exact) mass is 623 g/mol. The Bertz CT molecular complexity index is 1210. The van der Waals surface area contributed by atoms with Gasteiger partial charge in [-0.15, -0.1) is 0 Å². The van der Waals surface area contributed by atoms with Crippen molar-refractivity contribution >= 4 is 41.2 Å². The quantitative estimate of drug-likeness (QED) is 0.0688. The number of aromatic amines is 1. The molecule has 2 aromatic rings. The number of imidazole rings is 1. The first-order valence-electron chi connectivity index (χ1n) is 16.1. The Hall–Kier alpha value is -2.57. The standard InChI is InChI=1S/C31H53N5O6S/c1-4-5-6-7-8-9-10-11-12-13-14-15-16-17-18-19-20-40-23-35-27-28(33-30(32-25(2)37)34-29(27)39)36(31(35)43)24-41-21-22-42-26(3)38/h4-24H2,1-3H3,(H2,32,33,34,37,39). The summed E-state index contributed by atoms with van der Waals surface area (Å²) in [7, 11) is 0. The highest BCUT2D eigenvalue weighted by Gasteiger charge is 2.17. The zero-order valence-electron chi connectivity index (χ0n) is 26.5. The third-order valence-electron chi connectivity index (χ3n) is 7.27. The van der Waals surface area contributed by atoms with E-state index in [9.17, 15) is 14.4 Å². The summed E-state index contributed by atoms with van der Waals surface area (Å²) >= 11 is 5.62. The lowest BCUT2D eigenvalue weighted by Gasteiger charge is -2.07. The number of carbonyl (C=O) groups is 2. The molecule has 0 radical (unpaired) electrons. The van der Waals surface area contributed by atoms with Gasteiger partial charge in [-0.05, 0) is 18.6 Å². The van der Waals surface area contributed by atoms with Crippen molar-refractivity contribution in [2.24, 2.45) is 0 Å². The molecule has 0 fully saturated rings. The maximum atomic E-state index is 12.9. The first-order chi connectivity index (χ1) is 20.8. The van der Waals surface area contributed by atoms with Gasteiger partial charge < -0.3 is 14.2 Å². The Labute approximate surface area is 261 Å². The summed E-state index contributed by atoms with van der Waals surface area (Å²) < 4.78 is 19.8. The lowest BCUT2D eigenvalue weighted by molar-refractivity contribution is -0.142. The maximum Gasteiger partial charge on any atom is 0.302 e. The molecule has 2 N–H and O–H groups in total. The molecule has 0 atom stereocenters.